The van der Waals surface area contributed by atoms with Gasteiger partial charge in [0, 0.05) is 18.8 Å². The lowest BCUT2D eigenvalue weighted by atomic mass is 9.83. The van der Waals surface area contributed by atoms with Gasteiger partial charge in [-0.25, -0.2) is 4.79 Å². The van der Waals surface area contributed by atoms with E-state index in [1.165, 1.54) is 12.1 Å². The molecule has 2 rings (SSSR count). The number of carbonyl (C=O) groups is 1. The third-order valence-electron chi connectivity index (χ3n) is 4.32. The quantitative estimate of drug-likeness (QED) is 0.477. The van der Waals surface area contributed by atoms with E-state index in [9.17, 15) is 20.1 Å². The molecule has 1 saturated heterocycles. The maximum Gasteiger partial charge on any atom is 0.340 e. The molecule has 1 aromatic carbocycles. The second-order valence-electron chi connectivity index (χ2n) is 6.32. The van der Waals surface area contributed by atoms with Crippen LogP contribution < -0.4 is 5.32 Å². The van der Waals surface area contributed by atoms with E-state index in [4.69, 9.17) is 4.74 Å². The first-order valence-corrected chi connectivity index (χ1v) is 7.55. The number of benzene rings is 1. The van der Waals surface area contributed by atoms with Gasteiger partial charge in [0.25, 0.3) is 0 Å². The number of phenols is 2. The Labute approximate surface area is 129 Å². The first-order valence-electron chi connectivity index (χ1n) is 7.55. The average Bonchev–Trinajstić information content (AvgIpc) is 2.49. The molecule has 0 aliphatic carbocycles. The van der Waals surface area contributed by atoms with Crippen molar-refractivity contribution in [3.8, 4) is 11.5 Å². The molecule has 0 saturated carbocycles. The largest absolute Gasteiger partial charge is 0.504 e. The molecule has 6 nitrogen and oxygen atoms in total. The summed E-state index contributed by atoms with van der Waals surface area (Å²) in [5, 5.41) is 31.1. The molecule has 1 unspecified atom stereocenters. The fourth-order valence-electron chi connectivity index (χ4n) is 2.87. The van der Waals surface area contributed by atoms with E-state index in [1.807, 2.05) is 13.8 Å². The van der Waals surface area contributed by atoms with Crippen LogP contribution >= 0.6 is 0 Å². The highest BCUT2D eigenvalue weighted by Crippen LogP contribution is 2.32. The predicted octanol–water partition coefficient (Wildman–Crippen LogP) is 0.426. The second kappa shape index (κ2) is 6.54. The first kappa shape index (κ1) is 16.6. The predicted molar refractivity (Wildman–Crippen MR) is 79.3 cm³/mol. The number of aliphatic hydroxyl groups excluding tert-OH is 1. The van der Waals surface area contributed by atoms with E-state index in [2.05, 4.69) is 5.32 Å². The number of carbonyl (C=O) groups excluding carboxylic acids is 1. The topological polar surface area (TPSA) is 104 Å². The zero-order valence-electron chi connectivity index (χ0n) is 13.0. The molecule has 122 valence electrons. The normalized spacial score (nSPS) is 18.0. The summed E-state index contributed by atoms with van der Waals surface area (Å²) in [6.07, 6.45) is 0.452. The number of ether oxygens (including phenoxy) is 1. The van der Waals surface area contributed by atoms with Crippen LogP contribution in [0.15, 0.2) is 18.2 Å². The van der Waals surface area contributed by atoms with Gasteiger partial charge in [0.05, 0.1) is 13.1 Å². The number of quaternary nitrogens is 1. The molecule has 1 aliphatic heterocycles. The van der Waals surface area contributed by atoms with Gasteiger partial charge in [0.15, 0.2) is 17.6 Å². The summed E-state index contributed by atoms with van der Waals surface area (Å²) in [7, 11) is 0. The molecule has 0 amide bonds. The minimum absolute atomic E-state index is 0.188. The smallest absolute Gasteiger partial charge is 0.340 e. The highest BCUT2D eigenvalue weighted by Gasteiger charge is 2.37. The van der Waals surface area contributed by atoms with Gasteiger partial charge in [-0.3, -0.25) is 0 Å². The summed E-state index contributed by atoms with van der Waals surface area (Å²) in [4.78, 5) is 12.2. The number of hydrogen-bond acceptors (Lipinski definition) is 5. The Kier molecular flexibility index (Phi) is 4.93. The average molecular weight is 310 g/mol. The van der Waals surface area contributed by atoms with Gasteiger partial charge < -0.3 is 25.4 Å². The fourth-order valence-corrected chi connectivity index (χ4v) is 2.87. The zero-order valence-corrected chi connectivity index (χ0v) is 13.0. The summed E-state index contributed by atoms with van der Waals surface area (Å²) in [5.41, 5.74) is -0.459. The van der Waals surface area contributed by atoms with Crippen molar-refractivity contribution in [3.05, 3.63) is 23.8 Å². The summed E-state index contributed by atoms with van der Waals surface area (Å²) < 4.78 is 5.52. The van der Waals surface area contributed by atoms with Crippen molar-refractivity contribution in [2.75, 3.05) is 13.1 Å². The van der Waals surface area contributed by atoms with E-state index in [0.29, 0.717) is 0 Å². The molecule has 1 fully saturated rings. The molecule has 1 aromatic rings. The number of aromatic hydroxyl groups is 2. The van der Waals surface area contributed by atoms with Gasteiger partial charge >= 0.3 is 5.97 Å². The van der Waals surface area contributed by atoms with E-state index in [1.54, 1.807) is 0 Å². The molecule has 0 radical (unpaired) electrons. The van der Waals surface area contributed by atoms with Crippen LogP contribution in [-0.4, -0.2) is 40.0 Å². The van der Waals surface area contributed by atoms with E-state index >= 15 is 0 Å². The molecular weight excluding hydrogens is 286 g/mol. The van der Waals surface area contributed by atoms with Gasteiger partial charge in [-0.2, -0.15) is 0 Å². The van der Waals surface area contributed by atoms with Crippen LogP contribution in [0.1, 0.15) is 38.4 Å². The van der Waals surface area contributed by atoms with Crippen molar-refractivity contribution in [3.63, 3.8) is 0 Å². The molecular formula is C16H24NO5+. The lowest BCUT2D eigenvalue weighted by Gasteiger charge is -2.36. The highest BCUT2D eigenvalue weighted by molar-refractivity contribution is 5.77. The van der Waals surface area contributed by atoms with Crippen molar-refractivity contribution in [2.45, 2.75) is 38.4 Å². The molecule has 6 heteroatoms. The van der Waals surface area contributed by atoms with Gasteiger partial charge in [0.2, 0.25) is 0 Å². The number of phenolic OH excluding ortho intramolecular Hbond substituents is 2. The van der Waals surface area contributed by atoms with Crippen molar-refractivity contribution in [1.29, 1.82) is 0 Å². The SMILES string of the molecule is CC(C)(OC(=O)C(O)c1ccc(O)c(O)c1)C1CC[NH2+]CC1. The lowest BCUT2D eigenvalue weighted by molar-refractivity contribution is -0.665. The zero-order chi connectivity index (χ0) is 16.3. The Morgan fingerprint density at radius 2 is 1.91 bits per heavy atom. The van der Waals surface area contributed by atoms with Crippen LogP contribution in [0.4, 0.5) is 0 Å². The van der Waals surface area contributed by atoms with E-state index in [0.717, 1.165) is 32.0 Å². The Morgan fingerprint density at radius 1 is 1.27 bits per heavy atom. The standard InChI is InChI=1S/C16H23NO5/c1-16(2,11-5-7-17-8-6-11)22-15(21)14(20)10-3-4-12(18)13(19)9-10/h3-4,9,11,14,17-20H,5-8H2,1-2H3/p+1. The summed E-state index contributed by atoms with van der Waals surface area (Å²) in [5.74, 6) is -1.17. The van der Waals surface area contributed by atoms with Gasteiger partial charge in [-0.15, -0.1) is 0 Å². The molecule has 0 bridgehead atoms. The Hall–Kier alpha value is -1.79. The summed E-state index contributed by atoms with van der Waals surface area (Å²) in [6, 6.07) is 3.76. The van der Waals surface area contributed by atoms with Crippen LogP contribution in [0.2, 0.25) is 0 Å². The molecule has 22 heavy (non-hydrogen) atoms. The van der Waals surface area contributed by atoms with Crippen LogP contribution in [0, 0.1) is 5.92 Å². The van der Waals surface area contributed by atoms with Crippen molar-refractivity contribution >= 4 is 5.97 Å². The number of esters is 1. The van der Waals surface area contributed by atoms with Crippen LogP contribution in [0.3, 0.4) is 0 Å². The number of piperidine rings is 1. The molecule has 1 atom stereocenters. The third-order valence-corrected chi connectivity index (χ3v) is 4.32. The Bertz CT molecular complexity index is 537. The summed E-state index contributed by atoms with van der Waals surface area (Å²) >= 11 is 0. The minimum Gasteiger partial charge on any atom is -0.504 e. The van der Waals surface area contributed by atoms with Crippen molar-refractivity contribution in [2.24, 2.45) is 5.92 Å². The Balaban J connectivity index is 2.05. The maximum absolute atomic E-state index is 12.2. The number of aliphatic hydroxyl groups is 1. The monoisotopic (exact) mass is 310 g/mol. The number of rotatable bonds is 4. The third kappa shape index (κ3) is 3.69. The van der Waals surface area contributed by atoms with Gasteiger partial charge in [-0.1, -0.05) is 6.07 Å². The van der Waals surface area contributed by atoms with E-state index < -0.39 is 17.7 Å². The highest BCUT2D eigenvalue weighted by atomic mass is 16.6. The fraction of sp³-hybridized carbons (Fsp3) is 0.562. The second-order valence-corrected chi connectivity index (χ2v) is 6.32. The number of nitrogens with two attached hydrogens (primary N) is 1. The van der Waals surface area contributed by atoms with Crippen LogP contribution in [0.25, 0.3) is 0 Å². The molecule has 0 aromatic heterocycles. The lowest BCUT2D eigenvalue weighted by Crippen LogP contribution is -2.86. The molecule has 1 heterocycles. The minimum atomic E-state index is -1.49. The molecule has 5 N–H and O–H groups in total. The van der Waals surface area contributed by atoms with E-state index in [-0.39, 0.29) is 23.0 Å². The van der Waals surface area contributed by atoms with Crippen molar-refractivity contribution in [1.82, 2.24) is 0 Å². The first-order chi connectivity index (χ1) is 10.3. The van der Waals surface area contributed by atoms with Crippen molar-refractivity contribution < 1.29 is 30.2 Å². The molecule has 1 aliphatic rings. The molecule has 0 spiro atoms. The Morgan fingerprint density at radius 3 is 2.50 bits per heavy atom. The van der Waals surface area contributed by atoms with Gasteiger partial charge in [-0.05, 0) is 31.5 Å². The maximum atomic E-state index is 12.2. The number of hydrogen-bond donors (Lipinski definition) is 4. The van der Waals surface area contributed by atoms with Crippen LogP contribution in [0.5, 0.6) is 11.5 Å². The van der Waals surface area contributed by atoms with Crippen LogP contribution in [-0.2, 0) is 9.53 Å². The van der Waals surface area contributed by atoms with Gasteiger partial charge in [0.1, 0.15) is 5.60 Å². The summed E-state index contributed by atoms with van der Waals surface area (Å²) in [6.45, 7) is 5.75.